The summed E-state index contributed by atoms with van der Waals surface area (Å²) in [6, 6.07) is 0. The average molecular weight is 943 g/mol. The maximum absolute atomic E-state index is 13.0. The molecule has 24 unspecified atom stereocenters. The molecule has 3 saturated heterocycles. The van der Waals surface area contributed by atoms with Crippen LogP contribution in [0.2, 0.25) is 0 Å². The Morgan fingerprint density at radius 2 is 1.33 bits per heavy atom. The lowest BCUT2D eigenvalue weighted by molar-refractivity contribution is -0.352. The Morgan fingerprint density at radius 1 is 0.712 bits per heavy atom. The van der Waals surface area contributed by atoms with E-state index in [0.717, 1.165) is 32.1 Å². The first kappa shape index (κ1) is 52.2. The Morgan fingerprint density at radius 3 is 1.92 bits per heavy atom. The lowest BCUT2D eigenvalue weighted by Gasteiger charge is -2.66. The van der Waals surface area contributed by atoms with Crippen molar-refractivity contribution in [2.24, 2.45) is 34.5 Å². The molecule has 17 heteroatoms. The van der Waals surface area contributed by atoms with E-state index in [4.69, 9.17) is 52.1 Å². The fourth-order valence-corrected chi connectivity index (χ4v) is 13.9. The number of aliphatic hydroxyl groups is 4. The topological polar surface area (TPSA) is 217 Å². The first-order valence-corrected chi connectivity index (χ1v) is 24.8. The quantitative estimate of drug-likeness (QED) is 0.141. The van der Waals surface area contributed by atoms with Crippen molar-refractivity contribution >= 4 is 11.9 Å². The van der Waals surface area contributed by atoms with Crippen LogP contribution < -0.4 is 0 Å². The van der Waals surface area contributed by atoms with E-state index >= 15 is 0 Å². The third-order valence-corrected chi connectivity index (χ3v) is 18.2. The summed E-state index contributed by atoms with van der Waals surface area (Å²) in [5.74, 6) is -1.02. The Balaban J connectivity index is 0.971. The van der Waals surface area contributed by atoms with Gasteiger partial charge in [0.05, 0.1) is 53.6 Å². The van der Waals surface area contributed by atoms with Crippen molar-refractivity contribution < 1.29 is 82.1 Å². The van der Waals surface area contributed by atoms with Crippen molar-refractivity contribution in [1.29, 1.82) is 0 Å². The highest BCUT2D eigenvalue weighted by Crippen LogP contribution is 2.71. The van der Waals surface area contributed by atoms with Crippen molar-refractivity contribution in [3.8, 4) is 0 Å². The van der Waals surface area contributed by atoms with Crippen molar-refractivity contribution in [1.82, 2.24) is 0 Å². The summed E-state index contributed by atoms with van der Waals surface area (Å²) >= 11 is 0. The maximum atomic E-state index is 13.0. The molecule has 0 aromatic heterocycles. The molecule has 3 aliphatic heterocycles. The van der Waals surface area contributed by atoms with E-state index in [-0.39, 0.29) is 53.7 Å². The minimum Gasteiger partial charge on any atom is -0.462 e. The van der Waals surface area contributed by atoms with Gasteiger partial charge in [-0.25, -0.2) is 0 Å². The normalized spacial score (nSPS) is 50.3. The second-order valence-corrected chi connectivity index (χ2v) is 21.5. The van der Waals surface area contributed by atoms with Crippen LogP contribution in [-0.4, -0.2) is 163 Å². The molecule has 66 heavy (non-hydrogen) atoms. The first-order valence-electron chi connectivity index (χ1n) is 24.8. The number of carbonyl (C=O) groups excluding carboxylic acids is 2. The highest BCUT2D eigenvalue weighted by Gasteiger charge is 2.77. The van der Waals surface area contributed by atoms with Crippen LogP contribution in [0.25, 0.3) is 0 Å². The highest BCUT2D eigenvalue weighted by atomic mass is 16.8. The van der Waals surface area contributed by atoms with E-state index in [1.165, 1.54) is 14.0 Å². The molecular formula is C49H82O17. The number of hydrogen-bond donors (Lipinski definition) is 4. The molecule has 4 aliphatic carbocycles. The average Bonchev–Trinajstić information content (AvgIpc) is 3.50. The van der Waals surface area contributed by atoms with Crippen LogP contribution in [0.4, 0.5) is 0 Å². The van der Waals surface area contributed by atoms with Crippen LogP contribution in [0.3, 0.4) is 0 Å². The summed E-state index contributed by atoms with van der Waals surface area (Å²) < 4.78 is 67.6. The van der Waals surface area contributed by atoms with Gasteiger partial charge in [-0.15, -0.1) is 0 Å². The second-order valence-electron chi connectivity index (χ2n) is 21.5. The van der Waals surface area contributed by atoms with Crippen LogP contribution in [0.15, 0.2) is 0 Å². The largest absolute Gasteiger partial charge is 0.462 e. The molecule has 17 nitrogen and oxygen atoms in total. The van der Waals surface area contributed by atoms with Gasteiger partial charge < -0.3 is 72.5 Å². The molecule has 3 heterocycles. The van der Waals surface area contributed by atoms with Gasteiger partial charge in [0.25, 0.3) is 0 Å². The Labute approximate surface area is 391 Å². The van der Waals surface area contributed by atoms with Gasteiger partial charge in [-0.2, -0.15) is 0 Å². The summed E-state index contributed by atoms with van der Waals surface area (Å²) in [6.45, 7) is 16.5. The van der Waals surface area contributed by atoms with Crippen molar-refractivity contribution in [3.63, 3.8) is 0 Å². The van der Waals surface area contributed by atoms with Crippen molar-refractivity contribution in [2.45, 2.75) is 242 Å². The van der Waals surface area contributed by atoms with E-state index in [0.29, 0.717) is 32.1 Å². The number of fused-ring (bicyclic) bond motifs is 5. The van der Waals surface area contributed by atoms with Gasteiger partial charge in [0.15, 0.2) is 18.9 Å². The number of aliphatic hydroxyl groups excluding tert-OH is 2. The minimum absolute atomic E-state index is 0.0267. The number of hydrogen-bond acceptors (Lipinski definition) is 17. The van der Waals surface area contributed by atoms with Crippen LogP contribution in [-0.2, 0) is 61.7 Å². The molecule has 7 aliphatic rings. The fraction of sp³-hybridized carbons (Fsp3) is 0.959. The molecule has 0 radical (unpaired) electrons. The molecule has 7 fully saturated rings. The maximum Gasteiger partial charge on any atom is 0.309 e. The summed E-state index contributed by atoms with van der Waals surface area (Å²) in [6.07, 6.45) is -4.11. The van der Waals surface area contributed by atoms with E-state index in [1.54, 1.807) is 35.0 Å². The zero-order chi connectivity index (χ0) is 48.3. The predicted molar refractivity (Wildman–Crippen MR) is 235 cm³/mol. The van der Waals surface area contributed by atoms with Gasteiger partial charge in [-0.05, 0) is 109 Å². The van der Waals surface area contributed by atoms with E-state index in [9.17, 15) is 30.0 Å². The third-order valence-electron chi connectivity index (χ3n) is 18.2. The minimum atomic E-state index is -1.61. The molecule has 0 amide bonds. The molecule has 0 aromatic carbocycles. The number of rotatable bonds is 14. The lowest BCUT2D eigenvalue weighted by atomic mass is 9.42. The number of methoxy groups -OCH3 is 3. The zero-order valence-electron chi connectivity index (χ0n) is 41.4. The number of esters is 2. The van der Waals surface area contributed by atoms with E-state index in [2.05, 4.69) is 6.92 Å². The Bertz CT molecular complexity index is 1670. The number of ether oxygens (including phenoxy) is 11. The Hall–Kier alpha value is -1.58. The molecule has 0 bridgehead atoms. The first-order chi connectivity index (χ1) is 31.1. The van der Waals surface area contributed by atoms with Gasteiger partial charge in [-0.3, -0.25) is 9.59 Å². The predicted octanol–water partition coefficient (Wildman–Crippen LogP) is 4.33. The molecule has 4 N–H and O–H groups in total. The monoisotopic (exact) mass is 943 g/mol. The van der Waals surface area contributed by atoms with E-state index < -0.39 is 109 Å². The van der Waals surface area contributed by atoms with Gasteiger partial charge in [0, 0.05) is 41.1 Å². The summed E-state index contributed by atoms with van der Waals surface area (Å²) in [5.41, 5.74) is -4.41. The van der Waals surface area contributed by atoms with Crippen LogP contribution in [0.1, 0.15) is 133 Å². The lowest BCUT2D eigenvalue weighted by Crippen LogP contribution is -2.72. The van der Waals surface area contributed by atoms with Crippen LogP contribution >= 0.6 is 0 Å². The van der Waals surface area contributed by atoms with E-state index in [1.807, 2.05) is 27.7 Å². The summed E-state index contributed by atoms with van der Waals surface area (Å²) in [5, 5.41) is 47.0. The van der Waals surface area contributed by atoms with Crippen molar-refractivity contribution in [2.75, 3.05) is 21.3 Å². The number of carbonyl (C=O) groups is 2. The summed E-state index contributed by atoms with van der Waals surface area (Å²) in [4.78, 5) is 25.8. The zero-order valence-corrected chi connectivity index (χ0v) is 41.4. The van der Waals surface area contributed by atoms with Crippen LogP contribution in [0, 0.1) is 34.5 Å². The van der Waals surface area contributed by atoms with Gasteiger partial charge in [0.1, 0.15) is 48.3 Å². The SMILES string of the molecule is CCC(C)C(=O)OC(C)C1(O)CCC2(O)C3CCC4CC(OC5CC(OC)C(OC6CC(OC)C(OC7OC(C)C(O)C(OC)C7O)C(C)O6)C(C)O5)CCC4(C)C3CC(OC(C)=O)C12C. The highest BCUT2D eigenvalue weighted by molar-refractivity contribution is 5.72. The van der Waals surface area contributed by atoms with Gasteiger partial charge in [-0.1, -0.05) is 27.7 Å². The standard InChI is InChI=1S/C49H82O17/c1-13-24(2)44(53)62-28(6)48(54)18-19-49(55)32-15-14-30-20-31(16-17-46(30,8)33(32)21-36(47(48,49)9)63-29(7)50)64-37-22-34(56-10)41(26(4)59-37)65-38-23-35(57-11)42(27(5)60-38)66-45-40(52)43(58-12)39(51)25(3)61-45/h24-28,30-43,45,51-52,54-55H,13-23H2,1-12H3. The Kier molecular flexibility index (Phi) is 16.0. The molecule has 4 saturated carbocycles. The fourth-order valence-electron chi connectivity index (χ4n) is 13.9. The molecule has 380 valence electrons. The molecule has 0 aromatic rings. The second kappa shape index (κ2) is 20.3. The summed E-state index contributed by atoms with van der Waals surface area (Å²) in [7, 11) is 4.67. The van der Waals surface area contributed by atoms with Gasteiger partial charge >= 0.3 is 11.9 Å². The van der Waals surface area contributed by atoms with Crippen LogP contribution in [0.5, 0.6) is 0 Å². The van der Waals surface area contributed by atoms with Gasteiger partial charge in [0.2, 0.25) is 0 Å². The molecule has 7 rings (SSSR count). The molecular weight excluding hydrogens is 861 g/mol. The smallest absolute Gasteiger partial charge is 0.309 e. The van der Waals surface area contributed by atoms with Crippen molar-refractivity contribution in [3.05, 3.63) is 0 Å². The molecule has 0 spiro atoms. The molecule has 24 atom stereocenters. The third kappa shape index (κ3) is 9.15.